The number of ketones is 1. The van der Waals surface area contributed by atoms with Gasteiger partial charge in [0.15, 0.2) is 11.5 Å². The molecule has 0 saturated carbocycles. The molecule has 1 aromatic heterocycles. The highest BCUT2D eigenvalue weighted by Crippen LogP contribution is 2.43. The zero-order valence-corrected chi connectivity index (χ0v) is 12.2. The van der Waals surface area contributed by atoms with Crippen molar-refractivity contribution >= 4 is 16.6 Å². The Morgan fingerprint density at radius 3 is 2.36 bits per heavy atom. The summed E-state index contributed by atoms with van der Waals surface area (Å²) in [6.45, 7) is 0. The minimum Gasteiger partial charge on any atom is -0.493 e. The van der Waals surface area contributed by atoms with E-state index in [4.69, 9.17) is 9.47 Å². The van der Waals surface area contributed by atoms with Gasteiger partial charge >= 0.3 is 0 Å². The molecule has 0 radical (unpaired) electrons. The molecule has 0 unspecified atom stereocenters. The summed E-state index contributed by atoms with van der Waals surface area (Å²) in [5, 5.41) is 1.91. The summed E-state index contributed by atoms with van der Waals surface area (Å²) in [5.74, 6) is 1.07. The fourth-order valence-electron chi connectivity index (χ4n) is 3.04. The van der Waals surface area contributed by atoms with E-state index in [1.54, 1.807) is 26.5 Å². The first-order chi connectivity index (χ1) is 10.7. The van der Waals surface area contributed by atoms with E-state index in [0.717, 1.165) is 21.9 Å². The van der Waals surface area contributed by atoms with Gasteiger partial charge in [0.2, 0.25) is 5.78 Å². The topological polar surface area (TPSA) is 48.4 Å². The Hall–Kier alpha value is -2.88. The second kappa shape index (κ2) is 4.56. The van der Waals surface area contributed by atoms with Crippen molar-refractivity contribution in [3.63, 3.8) is 0 Å². The normalized spacial score (nSPS) is 12.2. The van der Waals surface area contributed by atoms with Crippen molar-refractivity contribution in [3.05, 3.63) is 53.9 Å². The Bertz CT molecular complexity index is 926. The molecule has 1 aliphatic carbocycles. The molecule has 3 aromatic rings. The maximum Gasteiger partial charge on any atom is 0.212 e. The van der Waals surface area contributed by atoms with Crippen molar-refractivity contribution in [2.75, 3.05) is 14.2 Å². The van der Waals surface area contributed by atoms with Crippen molar-refractivity contribution in [2.45, 2.75) is 0 Å². The minimum absolute atomic E-state index is 0.0831. The van der Waals surface area contributed by atoms with Gasteiger partial charge in [0.25, 0.3) is 0 Å². The first-order valence-electron chi connectivity index (χ1n) is 6.93. The number of pyridine rings is 1. The van der Waals surface area contributed by atoms with E-state index < -0.39 is 0 Å². The Morgan fingerprint density at radius 1 is 0.909 bits per heavy atom. The number of fused-ring (bicyclic) bond motifs is 2. The van der Waals surface area contributed by atoms with Crippen molar-refractivity contribution in [1.82, 2.24) is 4.98 Å². The fraction of sp³-hybridized carbons (Fsp3) is 0.111. The molecular formula is C18H13NO3. The number of carbonyl (C=O) groups is 1. The Kier molecular flexibility index (Phi) is 2.66. The zero-order valence-electron chi connectivity index (χ0n) is 12.2. The zero-order chi connectivity index (χ0) is 15.3. The molecule has 108 valence electrons. The maximum atomic E-state index is 12.8. The van der Waals surface area contributed by atoms with Crippen molar-refractivity contribution < 1.29 is 14.3 Å². The highest BCUT2D eigenvalue weighted by molar-refractivity contribution is 6.25. The molecular weight excluding hydrogens is 278 g/mol. The summed E-state index contributed by atoms with van der Waals surface area (Å²) in [7, 11) is 3.15. The number of benzene rings is 2. The number of hydrogen-bond acceptors (Lipinski definition) is 4. The summed E-state index contributed by atoms with van der Waals surface area (Å²) in [5.41, 5.74) is 2.94. The lowest BCUT2D eigenvalue weighted by atomic mass is 9.85. The number of rotatable bonds is 2. The number of methoxy groups -OCH3 is 2. The van der Waals surface area contributed by atoms with Crippen molar-refractivity contribution in [3.8, 4) is 22.6 Å². The molecule has 4 nitrogen and oxygen atoms in total. The molecule has 2 aromatic carbocycles. The standard InChI is InChI=1S/C18H13NO3/c1-21-14-8-12-11-5-3-4-10-6-7-19-17(16(10)11)18(20)13(12)9-15(14)22-2/h3-9H,1-2H3. The van der Waals surface area contributed by atoms with E-state index in [-0.39, 0.29) is 5.78 Å². The molecule has 0 saturated heterocycles. The quantitative estimate of drug-likeness (QED) is 0.567. The molecule has 0 aliphatic heterocycles. The lowest BCUT2D eigenvalue weighted by Crippen LogP contribution is -2.12. The second-order valence-electron chi connectivity index (χ2n) is 5.15. The van der Waals surface area contributed by atoms with E-state index in [2.05, 4.69) is 4.98 Å². The second-order valence-corrected chi connectivity index (χ2v) is 5.15. The molecule has 0 fully saturated rings. The molecule has 0 amide bonds. The van der Waals surface area contributed by atoms with Crippen LogP contribution in [0, 0.1) is 0 Å². The van der Waals surface area contributed by atoms with Crippen LogP contribution < -0.4 is 9.47 Å². The Balaban J connectivity index is 2.15. The third-order valence-electron chi connectivity index (χ3n) is 4.06. The molecule has 0 atom stereocenters. The van der Waals surface area contributed by atoms with Crippen LogP contribution in [0.2, 0.25) is 0 Å². The largest absolute Gasteiger partial charge is 0.493 e. The molecule has 4 heteroatoms. The van der Waals surface area contributed by atoms with Gasteiger partial charge < -0.3 is 9.47 Å². The number of carbonyl (C=O) groups excluding carboxylic acids is 1. The Morgan fingerprint density at radius 2 is 1.64 bits per heavy atom. The molecule has 1 aliphatic rings. The summed E-state index contributed by atoms with van der Waals surface area (Å²) >= 11 is 0. The van der Waals surface area contributed by atoms with Crippen LogP contribution in [-0.2, 0) is 0 Å². The van der Waals surface area contributed by atoms with Crippen LogP contribution in [-0.4, -0.2) is 25.0 Å². The maximum absolute atomic E-state index is 12.8. The van der Waals surface area contributed by atoms with Crippen molar-refractivity contribution in [1.29, 1.82) is 0 Å². The van der Waals surface area contributed by atoms with Crippen LogP contribution in [0.3, 0.4) is 0 Å². The Labute approximate surface area is 127 Å². The van der Waals surface area contributed by atoms with Crippen LogP contribution in [0.25, 0.3) is 21.9 Å². The molecule has 0 bridgehead atoms. The SMILES string of the molecule is COc1cc2c(cc1OC)-c1cccc3ccnc(c13)C2=O. The van der Waals surface area contributed by atoms with Crippen LogP contribution in [0.4, 0.5) is 0 Å². The van der Waals surface area contributed by atoms with Gasteiger partial charge in [-0.3, -0.25) is 9.78 Å². The molecule has 0 spiro atoms. The van der Waals surface area contributed by atoms with Gasteiger partial charge in [-0.05, 0) is 34.7 Å². The highest BCUT2D eigenvalue weighted by atomic mass is 16.5. The average Bonchev–Trinajstić information content (AvgIpc) is 2.58. The first kappa shape index (κ1) is 12.8. The molecule has 1 heterocycles. The third kappa shape index (κ3) is 1.58. The molecule has 22 heavy (non-hydrogen) atoms. The number of hydrogen-bond donors (Lipinski definition) is 0. The summed E-state index contributed by atoms with van der Waals surface area (Å²) in [4.78, 5) is 17.1. The number of ether oxygens (including phenoxy) is 2. The smallest absolute Gasteiger partial charge is 0.212 e. The molecule has 0 N–H and O–H groups in total. The number of aromatic nitrogens is 1. The van der Waals surface area contributed by atoms with Gasteiger partial charge in [-0.15, -0.1) is 0 Å². The van der Waals surface area contributed by atoms with E-state index in [0.29, 0.717) is 22.8 Å². The summed E-state index contributed by atoms with van der Waals surface area (Å²) in [6, 6.07) is 11.5. The van der Waals surface area contributed by atoms with Gasteiger partial charge in [-0.2, -0.15) is 0 Å². The van der Waals surface area contributed by atoms with Crippen LogP contribution in [0.15, 0.2) is 42.6 Å². The average molecular weight is 291 g/mol. The number of nitrogens with zero attached hydrogens (tertiary/aromatic N) is 1. The van der Waals surface area contributed by atoms with E-state index in [1.165, 1.54) is 0 Å². The predicted octanol–water partition coefficient (Wildman–Crippen LogP) is 3.46. The van der Waals surface area contributed by atoms with Crippen LogP contribution >= 0.6 is 0 Å². The van der Waals surface area contributed by atoms with Crippen LogP contribution in [0.5, 0.6) is 11.5 Å². The minimum atomic E-state index is -0.0831. The summed E-state index contributed by atoms with van der Waals surface area (Å²) in [6.07, 6.45) is 1.67. The van der Waals surface area contributed by atoms with E-state index >= 15 is 0 Å². The first-order valence-corrected chi connectivity index (χ1v) is 6.93. The van der Waals surface area contributed by atoms with Gasteiger partial charge in [0.1, 0.15) is 5.69 Å². The van der Waals surface area contributed by atoms with E-state index in [9.17, 15) is 4.79 Å². The third-order valence-corrected chi connectivity index (χ3v) is 4.06. The van der Waals surface area contributed by atoms with Crippen molar-refractivity contribution in [2.24, 2.45) is 0 Å². The van der Waals surface area contributed by atoms with Crippen LogP contribution in [0.1, 0.15) is 16.1 Å². The van der Waals surface area contributed by atoms with Gasteiger partial charge in [0.05, 0.1) is 14.2 Å². The predicted molar refractivity (Wildman–Crippen MR) is 83.7 cm³/mol. The molecule has 4 rings (SSSR count). The van der Waals surface area contributed by atoms with Gasteiger partial charge in [-0.1, -0.05) is 18.2 Å². The fourth-order valence-corrected chi connectivity index (χ4v) is 3.04. The summed E-state index contributed by atoms with van der Waals surface area (Å²) < 4.78 is 10.7. The van der Waals surface area contributed by atoms with Gasteiger partial charge in [-0.25, -0.2) is 0 Å². The van der Waals surface area contributed by atoms with Gasteiger partial charge in [0, 0.05) is 17.1 Å². The lowest BCUT2D eigenvalue weighted by molar-refractivity contribution is 0.103. The lowest BCUT2D eigenvalue weighted by Gasteiger charge is -2.20. The van der Waals surface area contributed by atoms with E-state index in [1.807, 2.05) is 30.3 Å². The highest BCUT2D eigenvalue weighted by Gasteiger charge is 2.28. The monoisotopic (exact) mass is 291 g/mol.